The highest BCUT2D eigenvalue weighted by Gasteiger charge is 2.35. The van der Waals surface area contributed by atoms with E-state index in [1.165, 1.54) is 0 Å². The standard InChI is InChI=1S/C21H17N5O2/c27-21(17-11-18(28-25-17)14-5-2-1-3-6-14)26-10-8-16-19(24-13-23-16)20(26)15-7-4-9-22-12-15/h1-7,9,11-13,20H,8,10H2,(H,23,24)/t20-/m1/s1. The normalized spacial score (nSPS) is 16.0. The maximum Gasteiger partial charge on any atom is 0.276 e. The number of carbonyl (C=O) groups excluding carboxylic acids is 1. The zero-order chi connectivity index (χ0) is 18.9. The van der Waals surface area contributed by atoms with Gasteiger partial charge in [0, 0.05) is 42.7 Å². The number of rotatable bonds is 3. The molecule has 1 amide bonds. The number of aromatic nitrogens is 4. The highest BCUT2D eigenvalue weighted by molar-refractivity contribution is 5.93. The van der Waals surface area contributed by atoms with Gasteiger partial charge in [-0.05, 0) is 11.6 Å². The molecule has 0 saturated heterocycles. The van der Waals surface area contributed by atoms with Gasteiger partial charge in [-0.15, -0.1) is 0 Å². The summed E-state index contributed by atoms with van der Waals surface area (Å²) >= 11 is 0. The summed E-state index contributed by atoms with van der Waals surface area (Å²) in [6.45, 7) is 0.557. The Balaban J connectivity index is 1.51. The Hall–Kier alpha value is -3.74. The van der Waals surface area contributed by atoms with Gasteiger partial charge in [0.25, 0.3) is 5.91 Å². The van der Waals surface area contributed by atoms with Crippen molar-refractivity contribution in [1.82, 2.24) is 25.0 Å². The van der Waals surface area contributed by atoms with Gasteiger partial charge in [-0.25, -0.2) is 4.98 Å². The number of carbonyl (C=O) groups is 1. The SMILES string of the molecule is O=C(c1cc(-c2ccccc2)on1)N1CCc2[nH]cnc2[C@H]1c1cccnc1. The maximum atomic E-state index is 13.3. The third-order valence-electron chi connectivity index (χ3n) is 4.97. The highest BCUT2D eigenvalue weighted by Crippen LogP contribution is 2.34. The highest BCUT2D eigenvalue weighted by atomic mass is 16.5. The number of aromatic amines is 1. The maximum absolute atomic E-state index is 13.3. The number of hydrogen-bond donors (Lipinski definition) is 1. The molecule has 0 radical (unpaired) electrons. The number of imidazole rings is 1. The van der Waals surface area contributed by atoms with Crippen LogP contribution >= 0.6 is 0 Å². The third kappa shape index (κ3) is 2.77. The smallest absolute Gasteiger partial charge is 0.276 e. The van der Waals surface area contributed by atoms with E-state index in [1.807, 2.05) is 42.5 Å². The second kappa shape index (κ2) is 6.77. The predicted molar refractivity (Wildman–Crippen MR) is 101 cm³/mol. The van der Waals surface area contributed by atoms with Gasteiger partial charge in [-0.1, -0.05) is 41.6 Å². The van der Waals surface area contributed by atoms with Crippen LogP contribution in [0.15, 0.2) is 71.8 Å². The van der Waals surface area contributed by atoms with E-state index in [2.05, 4.69) is 20.1 Å². The molecule has 1 aromatic carbocycles. The Morgan fingerprint density at radius 2 is 2.07 bits per heavy atom. The van der Waals surface area contributed by atoms with Gasteiger partial charge in [-0.2, -0.15) is 0 Å². The number of hydrogen-bond acceptors (Lipinski definition) is 5. The monoisotopic (exact) mass is 371 g/mol. The van der Waals surface area contributed by atoms with E-state index >= 15 is 0 Å². The van der Waals surface area contributed by atoms with E-state index in [9.17, 15) is 4.79 Å². The van der Waals surface area contributed by atoms with Crippen molar-refractivity contribution in [3.8, 4) is 11.3 Å². The van der Waals surface area contributed by atoms with Crippen LogP contribution in [-0.4, -0.2) is 37.5 Å². The van der Waals surface area contributed by atoms with Crippen molar-refractivity contribution in [3.05, 3.63) is 89.9 Å². The lowest BCUT2D eigenvalue weighted by Crippen LogP contribution is -2.41. The molecule has 4 aromatic rings. The molecule has 7 nitrogen and oxygen atoms in total. The Labute approximate surface area is 161 Å². The van der Waals surface area contributed by atoms with E-state index in [4.69, 9.17) is 4.52 Å². The second-order valence-corrected chi connectivity index (χ2v) is 6.65. The Kier molecular flexibility index (Phi) is 3.97. The number of nitrogens with zero attached hydrogens (tertiary/aromatic N) is 4. The summed E-state index contributed by atoms with van der Waals surface area (Å²) in [6.07, 6.45) is 5.87. The topological polar surface area (TPSA) is 87.9 Å². The van der Waals surface area contributed by atoms with Gasteiger partial charge in [0.15, 0.2) is 11.5 Å². The van der Waals surface area contributed by atoms with Crippen LogP contribution < -0.4 is 0 Å². The second-order valence-electron chi connectivity index (χ2n) is 6.65. The van der Waals surface area contributed by atoms with Gasteiger partial charge in [0.2, 0.25) is 0 Å². The lowest BCUT2D eigenvalue weighted by molar-refractivity contribution is 0.0680. The molecule has 0 bridgehead atoms. The van der Waals surface area contributed by atoms with Gasteiger partial charge < -0.3 is 14.4 Å². The van der Waals surface area contributed by atoms with Crippen molar-refractivity contribution in [1.29, 1.82) is 0 Å². The first-order chi connectivity index (χ1) is 13.8. The van der Waals surface area contributed by atoms with Crippen LogP contribution in [-0.2, 0) is 6.42 Å². The van der Waals surface area contributed by atoms with Gasteiger partial charge in [0.05, 0.1) is 12.0 Å². The molecule has 1 aliphatic rings. The summed E-state index contributed by atoms with van der Waals surface area (Å²) < 4.78 is 5.43. The first-order valence-corrected chi connectivity index (χ1v) is 9.06. The molecule has 1 N–H and O–H groups in total. The summed E-state index contributed by atoms with van der Waals surface area (Å²) in [6, 6.07) is 14.8. The molecule has 0 fully saturated rings. The number of benzene rings is 1. The quantitative estimate of drug-likeness (QED) is 0.597. The summed E-state index contributed by atoms with van der Waals surface area (Å²) in [5.74, 6) is 0.382. The van der Waals surface area contributed by atoms with Crippen LogP contribution in [0.4, 0.5) is 0 Å². The molecule has 4 heterocycles. The van der Waals surface area contributed by atoms with Crippen molar-refractivity contribution in [2.24, 2.45) is 0 Å². The minimum atomic E-state index is -0.312. The first kappa shape index (κ1) is 16.4. The molecule has 28 heavy (non-hydrogen) atoms. The number of H-pyrrole nitrogens is 1. The van der Waals surface area contributed by atoms with Crippen molar-refractivity contribution >= 4 is 5.91 Å². The fourth-order valence-electron chi connectivity index (χ4n) is 3.63. The fraction of sp³-hybridized carbons (Fsp3) is 0.143. The Morgan fingerprint density at radius 3 is 2.89 bits per heavy atom. The summed E-state index contributed by atoms with van der Waals surface area (Å²) in [4.78, 5) is 27.0. The van der Waals surface area contributed by atoms with E-state index < -0.39 is 0 Å². The molecule has 0 unspecified atom stereocenters. The molecule has 5 rings (SSSR count). The molecule has 7 heteroatoms. The molecular formula is C21H17N5O2. The lowest BCUT2D eigenvalue weighted by Gasteiger charge is -2.34. The summed E-state index contributed by atoms with van der Waals surface area (Å²) in [5, 5.41) is 4.03. The van der Waals surface area contributed by atoms with E-state index in [-0.39, 0.29) is 17.6 Å². The van der Waals surface area contributed by atoms with Crippen LogP contribution in [0.25, 0.3) is 11.3 Å². The van der Waals surface area contributed by atoms with E-state index in [1.54, 1.807) is 29.7 Å². The minimum Gasteiger partial charge on any atom is -0.355 e. The van der Waals surface area contributed by atoms with Crippen LogP contribution in [0.5, 0.6) is 0 Å². The molecule has 1 atom stereocenters. The molecule has 0 saturated carbocycles. The average Bonchev–Trinajstić information content (AvgIpc) is 3.43. The molecule has 0 aliphatic carbocycles. The largest absolute Gasteiger partial charge is 0.355 e. The Bertz CT molecular complexity index is 1100. The van der Waals surface area contributed by atoms with Crippen molar-refractivity contribution in [2.45, 2.75) is 12.5 Å². The van der Waals surface area contributed by atoms with Crippen LogP contribution in [0.1, 0.15) is 33.5 Å². The lowest BCUT2D eigenvalue weighted by atomic mass is 9.96. The average molecular weight is 371 g/mol. The predicted octanol–water partition coefficient (Wildman–Crippen LogP) is 3.25. The van der Waals surface area contributed by atoms with Gasteiger partial charge >= 0.3 is 0 Å². The molecule has 1 aliphatic heterocycles. The zero-order valence-electron chi connectivity index (χ0n) is 14.9. The van der Waals surface area contributed by atoms with Crippen molar-refractivity contribution in [2.75, 3.05) is 6.54 Å². The molecule has 0 spiro atoms. The number of pyridine rings is 1. The first-order valence-electron chi connectivity index (χ1n) is 9.06. The van der Waals surface area contributed by atoms with Gasteiger partial charge in [0.1, 0.15) is 6.04 Å². The zero-order valence-corrected chi connectivity index (χ0v) is 14.9. The molecular weight excluding hydrogens is 354 g/mol. The van der Waals surface area contributed by atoms with Crippen LogP contribution in [0, 0.1) is 0 Å². The van der Waals surface area contributed by atoms with Gasteiger partial charge in [-0.3, -0.25) is 9.78 Å². The van der Waals surface area contributed by atoms with Crippen LogP contribution in [0.3, 0.4) is 0 Å². The summed E-state index contributed by atoms with van der Waals surface area (Å²) in [7, 11) is 0. The van der Waals surface area contributed by atoms with Crippen LogP contribution in [0.2, 0.25) is 0 Å². The number of amides is 1. The number of fused-ring (bicyclic) bond motifs is 1. The van der Waals surface area contributed by atoms with E-state index in [0.29, 0.717) is 18.7 Å². The minimum absolute atomic E-state index is 0.187. The van der Waals surface area contributed by atoms with E-state index in [0.717, 1.165) is 22.5 Å². The van der Waals surface area contributed by atoms with Crippen molar-refractivity contribution in [3.63, 3.8) is 0 Å². The third-order valence-corrected chi connectivity index (χ3v) is 4.97. The molecule has 3 aromatic heterocycles. The summed E-state index contributed by atoms with van der Waals surface area (Å²) in [5.41, 5.74) is 3.97. The Morgan fingerprint density at radius 1 is 1.18 bits per heavy atom. The fourth-order valence-corrected chi connectivity index (χ4v) is 3.63. The van der Waals surface area contributed by atoms with Crippen molar-refractivity contribution < 1.29 is 9.32 Å². The molecule has 138 valence electrons. The number of nitrogens with one attached hydrogen (secondary N) is 1.